The van der Waals surface area contributed by atoms with E-state index in [0.717, 1.165) is 57.4 Å². The molecule has 1 amide bonds. The van der Waals surface area contributed by atoms with Crippen LogP contribution in [0.15, 0.2) is 0 Å². The van der Waals surface area contributed by atoms with Crippen molar-refractivity contribution < 1.29 is 4.79 Å². The number of carbonyl (C=O) groups excluding carboxylic acids is 1. The summed E-state index contributed by atoms with van der Waals surface area (Å²) in [5.74, 6) is 2.02. The average molecular weight is 309 g/mol. The van der Waals surface area contributed by atoms with Crippen LogP contribution in [0.4, 0.5) is 0 Å². The van der Waals surface area contributed by atoms with Gasteiger partial charge in [-0.25, -0.2) is 0 Å². The van der Waals surface area contributed by atoms with Gasteiger partial charge in [0.15, 0.2) is 0 Å². The number of rotatable bonds is 6. The van der Waals surface area contributed by atoms with Crippen LogP contribution in [0.2, 0.25) is 0 Å². The fourth-order valence-electron chi connectivity index (χ4n) is 3.71. The van der Waals surface area contributed by atoms with Crippen LogP contribution in [0.5, 0.6) is 0 Å². The van der Waals surface area contributed by atoms with Gasteiger partial charge in [0.05, 0.1) is 0 Å². The monoisotopic (exact) mass is 309 g/mol. The van der Waals surface area contributed by atoms with Crippen LogP contribution in [-0.4, -0.2) is 72.5 Å². The van der Waals surface area contributed by atoms with E-state index in [4.69, 9.17) is 0 Å². The highest BCUT2D eigenvalue weighted by Crippen LogP contribution is 2.23. The van der Waals surface area contributed by atoms with E-state index in [-0.39, 0.29) is 0 Å². The van der Waals surface area contributed by atoms with Crippen molar-refractivity contribution in [3.05, 3.63) is 0 Å². The number of carbonyl (C=O) groups is 1. The fraction of sp³-hybridized carbons (Fsp3) is 0.944. The highest BCUT2D eigenvalue weighted by Gasteiger charge is 2.25. The van der Waals surface area contributed by atoms with Gasteiger partial charge in [-0.05, 0) is 51.6 Å². The molecule has 2 fully saturated rings. The lowest BCUT2D eigenvalue weighted by atomic mass is 9.95. The van der Waals surface area contributed by atoms with Crippen LogP contribution in [0.3, 0.4) is 0 Å². The molecule has 0 unspecified atom stereocenters. The zero-order valence-electron chi connectivity index (χ0n) is 15.1. The molecule has 2 saturated heterocycles. The summed E-state index contributed by atoms with van der Waals surface area (Å²) < 4.78 is 0. The molecule has 2 rings (SSSR count). The van der Waals surface area contributed by atoms with Gasteiger partial charge in [0.1, 0.15) is 0 Å². The molecule has 0 aromatic heterocycles. The van der Waals surface area contributed by atoms with Crippen molar-refractivity contribution in [1.29, 1.82) is 0 Å². The summed E-state index contributed by atoms with van der Waals surface area (Å²) in [7, 11) is 0. The van der Waals surface area contributed by atoms with Gasteiger partial charge in [0.25, 0.3) is 0 Å². The molecule has 0 saturated carbocycles. The fourth-order valence-corrected chi connectivity index (χ4v) is 3.71. The summed E-state index contributed by atoms with van der Waals surface area (Å²) in [6, 6.07) is 0.598. The minimum atomic E-state index is 0.364. The Labute approximate surface area is 136 Å². The minimum absolute atomic E-state index is 0.364. The second-order valence-electron chi connectivity index (χ2n) is 7.71. The molecular weight excluding hydrogens is 274 g/mol. The summed E-state index contributed by atoms with van der Waals surface area (Å²) in [6.07, 6.45) is 3.08. The molecule has 22 heavy (non-hydrogen) atoms. The van der Waals surface area contributed by atoms with Crippen molar-refractivity contribution in [2.45, 2.75) is 53.0 Å². The molecule has 2 heterocycles. The normalized spacial score (nSPS) is 24.6. The molecular formula is C18H35N3O. The Bertz CT molecular complexity index is 348. The Morgan fingerprint density at radius 2 is 1.73 bits per heavy atom. The van der Waals surface area contributed by atoms with Crippen molar-refractivity contribution in [3.63, 3.8) is 0 Å². The van der Waals surface area contributed by atoms with Crippen LogP contribution < -0.4 is 0 Å². The zero-order chi connectivity index (χ0) is 16.1. The van der Waals surface area contributed by atoms with Crippen LogP contribution in [0.1, 0.15) is 47.0 Å². The molecule has 0 N–H and O–H groups in total. The lowest BCUT2D eigenvalue weighted by Gasteiger charge is -2.37. The van der Waals surface area contributed by atoms with Gasteiger partial charge in [-0.1, -0.05) is 13.8 Å². The van der Waals surface area contributed by atoms with Gasteiger partial charge in [-0.2, -0.15) is 0 Å². The lowest BCUT2D eigenvalue weighted by Crippen LogP contribution is -2.50. The van der Waals surface area contributed by atoms with E-state index in [0.29, 0.717) is 11.9 Å². The first-order valence-electron chi connectivity index (χ1n) is 9.21. The molecule has 128 valence electrons. The third-order valence-electron chi connectivity index (χ3n) is 5.51. The molecule has 4 heteroatoms. The van der Waals surface area contributed by atoms with Gasteiger partial charge >= 0.3 is 0 Å². The largest absolute Gasteiger partial charge is 0.340 e. The van der Waals surface area contributed by atoms with Crippen molar-refractivity contribution in [1.82, 2.24) is 14.7 Å². The van der Waals surface area contributed by atoms with E-state index < -0.39 is 0 Å². The molecule has 2 aliphatic heterocycles. The third-order valence-corrected chi connectivity index (χ3v) is 5.51. The minimum Gasteiger partial charge on any atom is -0.340 e. The number of likely N-dealkylation sites (tertiary alicyclic amines) is 1. The standard InChI is InChI=1S/C18H35N3O/c1-15(2)17-7-9-19(14-17)8-5-6-18(22)21-12-10-20(11-13-21)16(3)4/h15-17H,5-14H2,1-4H3/t17-/m1/s1. The Balaban J connectivity index is 1.61. The maximum Gasteiger partial charge on any atom is 0.222 e. The van der Waals surface area contributed by atoms with Crippen molar-refractivity contribution in [3.8, 4) is 0 Å². The van der Waals surface area contributed by atoms with E-state index in [1.54, 1.807) is 0 Å². The molecule has 4 nitrogen and oxygen atoms in total. The van der Waals surface area contributed by atoms with Crippen molar-refractivity contribution >= 4 is 5.91 Å². The average Bonchev–Trinajstić information content (AvgIpc) is 2.96. The van der Waals surface area contributed by atoms with Gasteiger partial charge in [0.2, 0.25) is 5.91 Å². The third kappa shape index (κ3) is 4.95. The van der Waals surface area contributed by atoms with Crippen LogP contribution in [0, 0.1) is 11.8 Å². The van der Waals surface area contributed by atoms with Crippen LogP contribution in [-0.2, 0) is 4.79 Å². The Hall–Kier alpha value is -0.610. The van der Waals surface area contributed by atoms with Crippen molar-refractivity contribution in [2.24, 2.45) is 11.8 Å². The number of hydrogen-bond donors (Lipinski definition) is 0. The Kier molecular flexibility index (Phi) is 6.69. The molecule has 0 aromatic carbocycles. The maximum absolute atomic E-state index is 12.3. The number of nitrogens with zero attached hydrogens (tertiary/aromatic N) is 3. The molecule has 0 aromatic rings. The Morgan fingerprint density at radius 1 is 1.05 bits per heavy atom. The van der Waals surface area contributed by atoms with Gasteiger partial charge < -0.3 is 9.80 Å². The molecule has 2 aliphatic rings. The first-order chi connectivity index (χ1) is 10.5. The summed E-state index contributed by atoms with van der Waals surface area (Å²) in [5.41, 5.74) is 0. The summed E-state index contributed by atoms with van der Waals surface area (Å²) in [4.78, 5) is 19.4. The summed E-state index contributed by atoms with van der Waals surface area (Å²) >= 11 is 0. The molecule has 0 radical (unpaired) electrons. The van der Waals surface area contributed by atoms with Gasteiger partial charge in [-0.3, -0.25) is 9.69 Å². The maximum atomic E-state index is 12.3. The number of hydrogen-bond acceptors (Lipinski definition) is 3. The predicted molar refractivity (Wildman–Crippen MR) is 91.9 cm³/mol. The number of amides is 1. The highest BCUT2D eigenvalue weighted by molar-refractivity contribution is 5.76. The molecule has 1 atom stereocenters. The first kappa shape index (κ1) is 17.7. The van der Waals surface area contributed by atoms with E-state index in [2.05, 4.69) is 42.4 Å². The van der Waals surface area contributed by atoms with E-state index in [1.807, 2.05) is 0 Å². The first-order valence-corrected chi connectivity index (χ1v) is 9.21. The van der Waals surface area contributed by atoms with E-state index in [1.165, 1.54) is 19.5 Å². The van der Waals surface area contributed by atoms with Gasteiger partial charge in [-0.15, -0.1) is 0 Å². The highest BCUT2D eigenvalue weighted by atomic mass is 16.2. The van der Waals surface area contributed by atoms with Crippen LogP contribution in [0.25, 0.3) is 0 Å². The predicted octanol–water partition coefficient (Wildman–Crippen LogP) is 2.30. The zero-order valence-corrected chi connectivity index (χ0v) is 15.1. The van der Waals surface area contributed by atoms with Gasteiger partial charge in [0, 0.05) is 45.2 Å². The van der Waals surface area contributed by atoms with E-state index >= 15 is 0 Å². The second kappa shape index (κ2) is 8.30. The SMILES string of the molecule is CC(C)[C@@H]1CCN(CCCC(=O)N2CCN(C(C)C)CC2)C1. The molecule has 0 spiro atoms. The lowest BCUT2D eigenvalue weighted by molar-refractivity contribution is -0.133. The Morgan fingerprint density at radius 3 is 2.27 bits per heavy atom. The topological polar surface area (TPSA) is 26.8 Å². The summed E-state index contributed by atoms with van der Waals surface area (Å²) in [5, 5.41) is 0. The second-order valence-corrected chi connectivity index (χ2v) is 7.71. The van der Waals surface area contributed by atoms with Crippen LogP contribution >= 0.6 is 0 Å². The van der Waals surface area contributed by atoms with Crippen molar-refractivity contribution in [2.75, 3.05) is 45.8 Å². The number of piperazine rings is 1. The molecule has 0 aliphatic carbocycles. The molecule has 0 bridgehead atoms. The smallest absolute Gasteiger partial charge is 0.222 e. The van der Waals surface area contributed by atoms with E-state index in [9.17, 15) is 4.79 Å². The summed E-state index contributed by atoms with van der Waals surface area (Å²) in [6.45, 7) is 16.6. The quantitative estimate of drug-likeness (QED) is 0.753.